The summed E-state index contributed by atoms with van der Waals surface area (Å²) in [6.45, 7) is 4.96. The molecule has 0 unspecified atom stereocenters. The number of Topliss-reactive ketones (excluding diaryl/α,β-unsaturated/α-hetero) is 1. The lowest BCUT2D eigenvalue weighted by Crippen LogP contribution is -2.14. The van der Waals surface area contributed by atoms with E-state index < -0.39 is 10.0 Å². The molecule has 0 fully saturated rings. The average molecular weight is 293 g/mol. The fourth-order valence-corrected chi connectivity index (χ4v) is 2.76. The first-order valence-corrected chi connectivity index (χ1v) is 7.45. The van der Waals surface area contributed by atoms with Crippen LogP contribution in [-0.2, 0) is 10.0 Å². The van der Waals surface area contributed by atoms with Crippen LogP contribution in [0.3, 0.4) is 0 Å². The molecule has 106 valence electrons. The fraction of sp³-hybridized carbons (Fsp3) is 0.231. The zero-order valence-electron chi connectivity index (χ0n) is 11.4. The van der Waals surface area contributed by atoms with Crippen LogP contribution in [0.2, 0.25) is 0 Å². The molecule has 0 saturated heterocycles. The number of ketones is 1. The van der Waals surface area contributed by atoms with Crippen LogP contribution in [0.1, 0.15) is 28.5 Å². The van der Waals surface area contributed by atoms with Gasteiger partial charge in [0.2, 0.25) is 0 Å². The van der Waals surface area contributed by atoms with Gasteiger partial charge in [0, 0.05) is 16.8 Å². The lowest BCUT2D eigenvalue weighted by molar-refractivity contribution is 0.101. The molecule has 0 radical (unpaired) electrons. The average Bonchev–Trinajstić information content (AvgIpc) is 2.70. The van der Waals surface area contributed by atoms with E-state index in [4.69, 9.17) is 0 Å². The third-order valence-electron chi connectivity index (χ3n) is 3.04. The lowest BCUT2D eigenvalue weighted by Gasteiger charge is -2.07. The number of aryl methyl sites for hydroxylation is 1. The first-order chi connectivity index (χ1) is 9.31. The molecule has 1 heterocycles. The minimum atomic E-state index is -3.76. The summed E-state index contributed by atoms with van der Waals surface area (Å²) in [5.41, 5.74) is 1.87. The number of sulfonamides is 1. The Kier molecular flexibility index (Phi) is 3.63. The van der Waals surface area contributed by atoms with Crippen LogP contribution >= 0.6 is 0 Å². The Labute approximate surface area is 117 Å². The number of anilines is 1. The smallest absolute Gasteiger partial charge is 0.263 e. The minimum absolute atomic E-state index is 0.0326. The van der Waals surface area contributed by atoms with Crippen LogP contribution in [0.25, 0.3) is 0 Å². The molecule has 1 aromatic heterocycles. The highest BCUT2D eigenvalue weighted by Gasteiger charge is 2.18. The molecule has 0 saturated carbocycles. The van der Waals surface area contributed by atoms with Crippen LogP contribution < -0.4 is 4.72 Å². The Morgan fingerprint density at radius 1 is 1.30 bits per heavy atom. The van der Waals surface area contributed by atoms with Crippen LogP contribution in [0.5, 0.6) is 0 Å². The maximum atomic E-state index is 12.3. The van der Waals surface area contributed by atoms with Gasteiger partial charge in [-0.3, -0.25) is 14.6 Å². The molecule has 0 atom stereocenters. The first kappa shape index (κ1) is 14.3. The predicted molar refractivity (Wildman–Crippen MR) is 75.3 cm³/mol. The van der Waals surface area contributed by atoms with Gasteiger partial charge in [0.05, 0.1) is 4.90 Å². The van der Waals surface area contributed by atoms with Gasteiger partial charge in [0.15, 0.2) is 11.6 Å². The standard InChI is InChI=1S/C13H15N3O3S/c1-8-9(2)14-15-13(8)16-20(18,19)12-6-4-5-11(7-12)10(3)17/h4-7H,1-3H3,(H2,14,15,16). The summed E-state index contributed by atoms with van der Waals surface area (Å²) >= 11 is 0. The van der Waals surface area contributed by atoms with E-state index in [0.29, 0.717) is 5.56 Å². The number of H-pyrrole nitrogens is 1. The Morgan fingerprint density at radius 3 is 2.55 bits per heavy atom. The van der Waals surface area contributed by atoms with E-state index in [1.165, 1.54) is 25.1 Å². The zero-order chi connectivity index (χ0) is 14.9. The SMILES string of the molecule is CC(=O)c1cccc(S(=O)(=O)Nc2n[nH]c(C)c2C)c1. The van der Waals surface area contributed by atoms with Crippen molar-refractivity contribution in [3.8, 4) is 0 Å². The molecule has 7 heteroatoms. The summed E-state index contributed by atoms with van der Waals surface area (Å²) in [7, 11) is -3.76. The highest BCUT2D eigenvalue weighted by Crippen LogP contribution is 2.20. The molecular weight excluding hydrogens is 278 g/mol. The van der Waals surface area contributed by atoms with E-state index in [2.05, 4.69) is 14.9 Å². The zero-order valence-corrected chi connectivity index (χ0v) is 12.2. The van der Waals surface area contributed by atoms with Gasteiger partial charge in [0.1, 0.15) is 0 Å². The number of nitrogens with zero attached hydrogens (tertiary/aromatic N) is 1. The number of hydrogen-bond donors (Lipinski definition) is 2. The van der Waals surface area contributed by atoms with Crippen LogP contribution in [0.15, 0.2) is 29.2 Å². The van der Waals surface area contributed by atoms with E-state index in [-0.39, 0.29) is 16.5 Å². The molecule has 2 rings (SSSR count). The Morgan fingerprint density at radius 2 is 2.00 bits per heavy atom. The number of rotatable bonds is 4. The van der Waals surface area contributed by atoms with Crippen molar-refractivity contribution in [2.45, 2.75) is 25.7 Å². The Bertz CT molecular complexity index is 763. The number of carbonyl (C=O) groups is 1. The van der Waals surface area contributed by atoms with Gasteiger partial charge < -0.3 is 0 Å². The molecule has 1 aromatic carbocycles. The second-order valence-electron chi connectivity index (χ2n) is 4.51. The van der Waals surface area contributed by atoms with Crippen LogP contribution in [0, 0.1) is 13.8 Å². The summed E-state index contributed by atoms with van der Waals surface area (Å²) < 4.78 is 26.9. The normalized spacial score (nSPS) is 11.3. The molecule has 0 aliphatic carbocycles. The number of aromatic nitrogens is 2. The number of carbonyl (C=O) groups excluding carboxylic acids is 1. The lowest BCUT2D eigenvalue weighted by atomic mass is 10.2. The van der Waals surface area contributed by atoms with E-state index in [9.17, 15) is 13.2 Å². The van der Waals surface area contributed by atoms with Crippen molar-refractivity contribution < 1.29 is 13.2 Å². The molecule has 6 nitrogen and oxygen atoms in total. The largest absolute Gasteiger partial charge is 0.295 e. The molecule has 0 amide bonds. The molecule has 0 aliphatic heterocycles. The first-order valence-electron chi connectivity index (χ1n) is 5.96. The summed E-state index contributed by atoms with van der Waals surface area (Å²) in [5, 5.41) is 6.61. The summed E-state index contributed by atoms with van der Waals surface area (Å²) in [6.07, 6.45) is 0. The second-order valence-corrected chi connectivity index (χ2v) is 6.19. The third-order valence-corrected chi connectivity index (χ3v) is 4.37. The van der Waals surface area contributed by atoms with Gasteiger partial charge in [0.25, 0.3) is 10.0 Å². The number of benzene rings is 1. The Hall–Kier alpha value is -2.15. The molecule has 2 N–H and O–H groups in total. The highest BCUT2D eigenvalue weighted by atomic mass is 32.2. The highest BCUT2D eigenvalue weighted by molar-refractivity contribution is 7.92. The number of nitrogens with one attached hydrogen (secondary N) is 2. The monoisotopic (exact) mass is 293 g/mol. The van der Waals surface area contributed by atoms with Crippen molar-refractivity contribution in [2.24, 2.45) is 0 Å². The quantitative estimate of drug-likeness (QED) is 0.844. The predicted octanol–water partition coefficient (Wildman–Crippen LogP) is 2.03. The summed E-state index contributed by atoms with van der Waals surface area (Å²) in [5.74, 6) is 0.0737. The maximum absolute atomic E-state index is 12.3. The van der Waals surface area contributed by atoms with Crippen LogP contribution in [0.4, 0.5) is 5.82 Å². The van der Waals surface area contributed by atoms with Gasteiger partial charge in [-0.25, -0.2) is 8.42 Å². The van der Waals surface area contributed by atoms with Crippen LogP contribution in [-0.4, -0.2) is 24.4 Å². The maximum Gasteiger partial charge on any atom is 0.263 e. The van der Waals surface area contributed by atoms with Crippen molar-refractivity contribution in [2.75, 3.05) is 4.72 Å². The topological polar surface area (TPSA) is 91.9 Å². The van der Waals surface area contributed by atoms with E-state index in [1.807, 2.05) is 0 Å². The van der Waals surface area contributed by atoms with Crippen molar-refractivity contribution in [1.82, 2.24) is 10.2 Å². The molecule has 20 heavy (non-hydrogen) atoms. The summed E-state index contributed by atoms with van der Waals surface area (Å²) in [6, 6.07) is 5.89. The van der Waals surface area contributed by atoms with E-state index in [0.717, 1.165) is 11.3 Å². The number of aromatic amines is 1. The molecular formula is C13H15N3O3S. The van der Waals surface area contributed by atoms with Gasteiger partial charge in [-0.2, -0.15) is 5.10 Å². The second kappa shape index (κ2) is 5.09. The fourth-order valence-electron chi connectivity index (χ4n) is 1.65. The van der Waals surface area contributed by atoms with Crippen molar-refractivity contribution >= 4 is 21.6 Å². The van der Waals surface area contributed by atoms with Crippen molar-refractivity contribution in [3.05, 3.63) is 41.1 Å². The van der Waals surface area contributed by atoms with Crippen molar-refractivity contribution in [3.63, 3.8) is 0 Å². The minimum Gasteiger partial charge on any atom is -0.295 e. The van der Waals surface area contributed by atoms with Crippen molar-refractivity contribution in [1.29, 1.82) is 0 Å². The van der Waals surface area contributed by atoms with E-state index in [1.54, 1.807) is 19.9 Å². The van der Waals surface area contributed by atoms with Gasteiger partial charge >= 0.3 is 0 Å². The third kappa shape index (κ3) is 2.72. The van der Waals surface area contributed by atoms with Gasteiger partial charge in [-0.15, -0.1) is 0 Å². The summed E-state index contributed by atoms with van der Waals surface area (Å²) in [4.78, 5) is 11.3. The number of hydrogen-bond acceptors (Lipinski definition) is 4. The van der Waals surface area contributed by atoms with Gasteiger partial charge in [-0.05, 0) is 32.9 Å². The molecule has 0 aliphatic rings. The van der Waals surface area contributed by atoms with E-state index >= 15 is 0 Å². The van der Waals surface area contributed by atoms with Gasteiger partial charge in [-0.1, -0.05) is 12.1 Å². The Balaban J connectivity index is 2.38. The molecule has 0 spiro atoms. The molecule has 0 bridgehead atoms. The molecule has 2 aromatic rings.